The van der Waals surface area contributed by atoms with Crippen LogP contribution in [0.4, 0.5) is 0 Å². The molecule has 0 heterocycles. The maximum Gasteiger partial charge on any atom is -0.0348 e. The molecule has 0 aliphatic carbocycles. The molecule has 0 nitrogen and oxygen atoms in total. The van der Waals surface area contributed by atoms with Gasteiger partial charge in [0.15, 0.2) is 0 Å². The third-order valence-corrected chi connectivity index (χ3v) is 1.89. The molecular formula is C12H21. The average molecular weight is 165 g/mol. The lowest BCUT2D eigenvalue weighted by Gasteiger charge is -1.96. The van der Waals surface area contributed by atoms with Crippen molar-refractivity contribution in [3.05, 3.63) is 31.7 Å². The first kappa shape index (κ1) is 11.5. The molecular weight excluding hydrogens is 144 g/mol. The van der Waals surface area contributed by atoms with E-state index in [9.17, 15) is 0 Å². The fraction of sp³-hybridized carbons (Fsp3) is 0.583. The highest BCUT2D eigenvalue weighted by Crippen LogP contribution is 2.06. The van der Waals surface area contributed by atoms with Crippen LogP contribution in [0.5, 0.6) is 0 Å². The van der Waals surface area contributed by atoms with Gasteiger partial charge in [0.05, 0.1) is 0 Å². The zero-order chi connectivity index (χ0) is 9.07. The lowest BCUT2D eigenvalue weighted by Crippen LogP contribution is -1.77. The van der Waals surface area contributed by atoms with Crippen LogP contribution in [0.2, 0.25) is 0 Å². The molecule has 69 valence electrons. The summed E-state index contributed by atoms with van der Waals surface area (Å²) in [5.74, 6) is 0. The molecule has 0 unspecified atom stereocenters. The fourth-order valence-electron chi connectivity index (χ4n) is 1.16. The molecule has 0 saturated carbocycles. The third-order valence-electron chi connectivity index (χ3n) is 1.89. The Morgan fingerprint density at radius 1 is 0.917 bits per heavy atom. The van der Waals surface area contributed by atoms with Gasteiger partial charge in [0, 0.05) is 0 Å². The van der Waals surface area contributed by atoms with Gasteiger partial charge >= 0.3 is 0 Å². The molecule has 1 radical (unpaired) electrons. The fourth-order valence-corrected chi connectivity index (χ4v) is 1.16. The number of hydrogen-bond acceptors (Lipinski definition) is 0. The number of unbranched alkanes of at least 4 members (excludes halogenated alkanes) is 6. The summed E-state index contributed by atoms with van der Waals surface area (Å²) in [6.45, 7) is 7.45. The topological polar surface area (TPSA) is 0 Å². The lowest BCUT2D eigenvalue weighted by molar-refractivity contribution is 0.621. The molecule has 0 amide bonds. The third kappa shape index (κ3) is 9.48. The maximum absolute atomic E-state index is 3.82. The van der Waals surface area contributed by atoms with Crippen LogP contribution in [-0.2, 0) is 0 Å². The zero-order valence-corrected chi connectivity index (χ0v) is 8.10. The Kier molecular flexibility index (Phi) is 10.0. The summed E-state index contributed by atoms with van der Waals surface area (Å²) in [6.07, 6.45) is 15.1. The van der Waals surface area contributed by atoms with E-state index in [0.29, 0.717) is 0 Å². The van der Waals surface area contributed by atoms with Crippen molar-refractivity contribution in [1.29, 1.82) is 0 Å². The standard InChI is InChI=1S/C12H21/c1-3-5-7-9-11-12-10-8-6-4-2/h3,5,7H,1-2,4,6,8-12H2/b7-5+. The normalized spacial score (nSPS) is 10.8. The van der Waals surface area contributed by atoms with E-state index in [1.165, 1.54) is 38.5 Å². The summed E-state index contributed by atoms with van der Waals surface area (Å²) in [5.41, 5.74) is 0. The van der Waals surface area contributed by atoms with E-state index in [1.807, 2.05) is 12.2 Å². The molecule has 0 spiro atoms. The molecule has 0 atom stereocenters. The minimum absolute atomic E-state index is 1.09. The Morgan fingerprint density at radius 3 is 2.25 bits per heavy atom. The molecule has 0 fully saturated rings. The quantitative estimate of drug-likeness (QED) is 0.372. The van der Waals surface area contributed by atoms with Crippen LogP contribution in [0, 0.1) is 6.92 Å². The molecule has 0 aromatic heterocycles. The van der Waals surface area contributed by atoms with Crippen molar-refractivity contribution in [2.24, 2.45) is 0 Å². The van der Waals surface area contributed by atoms with Crippen LogP contribution in [0.3, 0.4) is 0 Å². The average Bonchev–Trinajstić information content (AvgIpc) is 2.10. The van der Waals surface area contributed by atoms with E-state index in [1.54, 1.807) is 0 Å². The molecule has 0 aliphatic heterocycles. The molecule has 12 heavy (non-hydrogen) atoms. The molecule has 0 aromatic rings. The SMILES string of the molecule is [CH2]CCCCCCC/C=C/C=C. The first-order chi connectivity index (χ1) is 5.91. The van der Waals surface area contributed by atoms with Crippen LogP contribution in [0.15, 0.2) is 24.8 Å². The Morgan fingerprint density at radius 2 is 1.58 bits per heavy atom. The molecule has 0 bridgehead atoms. The molecule has 0 saturated heterocycles. The minimum atomic E-state index is 1.09. The molecule has 0 rings (SSSR count). The zero-order valence-electron chi connectivity index (χ0n) is 8.10. The maximum atomic E-state index is 3.82. The Bertz CT molecular complexity index is 111. The Balaban J connectivity index is 2.90. The van der Waals surface area contributed by atoms with Crippen molar-refractivity contribution in [3.63, 3.8) is 0 Å². The van der Waals surface area contributed by atoms with Gasteiger partial charge in [0.1, 0.15) is 0 Å². The summed E-state index contributed by atoms with van der Waals surface area (Å²) < 4.78 is 0. The van der Waals surface area contributed by atoms with Crippen molar-refractivity contribution in [1.82, 2.24) is 0 Å². The second-order valence-corrected chi connectivity index (χ2v) is 3.07. The Hall–Kier alpha value is -0.520. The van der Waals surface area contributed by atoms with Crippen LogP contribution < -0.4 is 0 Å². The summed E-state index contributed by atoms with van der Waals surface area (Å²) in [5, 5.41) is 0. The van der Waals surface area contributed by atoms with Crippen molar-refractivity contribution in [2.75, 3.05) is 0 Å². The molecule has 0 aliphatic rings. The molecule has 0 aromatic carbocycles. The van der Waals surface area contributed by atoms with Crippen molar-refractivity contribution >= 4 is 0 Å². The number of allylic oxidation sites excluding steroid dienone is 3. The van der Waals surface area contributed by atoms with Gasteiger partial charge in [0.25, 0.3) is 0 Å². The summed E-state index contributed by atoms with van der Waals surface area (Å²) in [4.78, 5) is 0. The van der Waals surface area contributed by atoms with E-state index in [0.717, 1.165) is 6.42 Å². The number of rotatable bonds is 8. The van der Waals surface area contributed by atoms with E-state index in [2.05, 4.69) is 19.6 Å². The first-order valence-corrected chi connectivity index (χ1v) is 4.98. The van der Waals surface area contributed by atoms with Gasteiger partial charge in [-0.3, -0.25) is 0 Å². The number of hydrogen-bond donors (Lipinski definition) is 0. The van der Waals surface area contributed by atoms with Crippen LogP contribution >= 0.6 is 0 Å². The summed E-state index contributed by atoms with van der Waals surface area (Å²) in [6, 6.07) is 0. The van der Waals surface area contributed by atoms with Gasteiger partial charge in [-0.2, -0.15) is 0 Å². The highest BCUT2D eigenvalue weighted by molar-refractivity contribution is 4.96. The van der Waals surface area contributed by atoms with Crippen LogP contribution in [-0.4, -0.2) is 0 Å². The van der Waals surface area contributed by atoms with Crippen molar-refractivity contribution < 1.29 is 0 Å². The monoisotopic (exact) mass is 165 g/mol. The largest absolute Gasteiger partial charge is 0.0991 e. The van der Waals surface area contributed by atoms with Crippen LogP contribution in [0.25, 0.3) is 0 Å². The van der Waals surface area contributed by atoms with Gasteiger partial charge in [-0.05, 0) is 12.8 Å². The summed E-state index contributed by atoms with van der Waals surface area (Å²) in [7, 11) is 0. The lowest BCUT2D eigenvalue weighted by atomic mass is 10.1. The van der Waals surface area contributed by atoms with E-state index in [4.69, 9.17) is 0 Å². The predicted octanol–water partition coefficient (Wildman–Crippen LogP) is 4.29. The smallest absolute Gasteiger partial charge is 0.0348 e. The van der Waals surface area contributed by atoms with Crippen molar-refractivity contribution in [3.8, 4) is 0 Å². The minimum Gasteiger partial charge on any atom is -0.0991 e. The van der Waals surface area contributed by atoms with Gasteiger partial charge < -0.3 is 0 Å². The van der Waals surface area contributed by atoms with E-state index < -0.39 is 0 Å². The predicted molar refractivity (Wildman–Crippen MR) is 57.0 cm³/mol. The van der Waals surface area contributed by atoms with Gasteiger partial charge in [-0.15, -0.1) is 0 Å². The second kappa shape index (κ2) is 10.5. The van der Waals surface area contributed by atoms with Crippen LogP contribution in [0.1, 0.15) is 44.9 Å². The Labute approximate surface area is 77.4 Å². The highest BCUT2D eigenvalue weighted by Gasteiger charge is 1.87. The first-order valence-electron chi connectivity index (χ1n) is 4.98. The highest BCUT2D eigenvalue weighted by atomic mass is 13.9. The molecule has 0 N–H and O–H groups in total. The summed E-state index contributed by atoms with van der Waals surface area (Å²) >= 11 is 0. The van der Waals surface area contributed by atoms with Gasteiger partial charge in [0.2, 0.25) is 0 Å². The second-order valence-electron chi connectivity index (χ2n) is 3.07. The van der Waals surface area contributed by atoms with E-state index >= 15 is 0 Å². The van der Waals surface area contributed by atoms with Gasteiger partial charge in [-0.1, -0.05) is 63.8 Å². The van der Waals surface area contributed by atoms with Crippen molar-refractivity contribution in [2.45, 2.75) is 44.9 Å². The van der Waals surface area contributed by atoms with Gasteiger partial charge in [-0.25, -0.2) is 0 Å². The molecule has 0 heteroatoms. The van der Waals surface area contributed by atoms with E-state index in [-0.39, 0.29) is 0 Å².